The fraction of sp³-hybridized carbons (Fsp3) is 0.556. The second-order valence-corrected chi connectivity index (χ2v) is 3.44. The maximum absolute atomic E-state index is 8.56. The standard InChI is InChI=1S/C9H12N6/c10-4-3-7-12-8(11)14-9(13-7)15-5-1-2-6-15/h1-3,5-6H2,(H2,11,12,13,14). The van der Waals surface area contributed by atoms with E-state index in [0.29, 0.717) is 11.8 Å². The van der Waals surface area contributed by atoms with Crippen LogP contribution in [0.5, 0.6) is 0 Å². The predicted molar refractivity (Wildman–Crippen MR) is 55.0 cm³/mol. The van der Waals surface area contributed by atoms with E-state index in [1.54, 1.807) is 0 Å². The van der Waals surface area contributed by atoms with Crippen LogP contribution in [-0.4, -0.2) is 28.0 Å². The molecule has 2 rings (SSSR count). The first-order valence-electron chi connectivity index (χ1n) is 4.92. The number of nitrogens with two attached hydrogens (primary N) is 1. The average molecular weight is 204 g/mol. The summed E-state index contributed by atoms with van der Waals surface area (Å²) in [4.78, 5) is 14.2. The van der Waals surface area contributed by atoms with Gasteiger partial charge in [0.1, 0.15) is 5.82 Å². The van der Waals surface area contributed by atoms with Gasteiger partial charge in [0, 0.05) is 13.1 Å². The van der Waals surface area contributed by atoms with Gasteiger partial charge in [-0.05, 0) is 12.8 Å². The van der Waals surface area contributed by atoms with Gasteiger partial charge in [0.25, 0.3) is 0 Å². The summed E-state index contributed by atoms with van der Waals surface area (Å²) >= 11 is 0. The zero-order chi connectivity index (χ0) is 10.7. The van der Waals surface area contributed by atoms with E-state index in [0.717, 1.165) is 25.9 Å². The third kappa shape index (κ3) is 2.13. The molecule has 0 atom stereocenters. The Balaban J connectivity index is 2.26. The largest absolute Gasteiger partial charge is 0.368 e. The lowest BCUT2D eigenvalue weighted by Gasteiger charge is -2.15. The summed E-state index contributed by atoms with van der Waals surface area (Å²) in [6.07, 6.45) is 2.48. The summed E-state index contributed by atoms with van der Waals surface area (Å²) in [6.45, 7) is 1.91. The second-order valence-electron chi connectivity index (χ2n) is 3.44. The molecular weight excluding hydrogens is 192 g/mol. The van der Waals surface area contributed by atoms with Crippen LogP contribution < -0.4 is 10.6 Å². The number of nitrogen functional groups attached to an aromatic ring is 1. The molecule has 1 aromatic heterocycles. The molecule has 1 aliphatic rings. The molecule has 2 heterocycles. The number of hydrogen-bond acceptors (Lipinski definition) is 6. The molecule has 0 aromatic carbocycles. The van der Waals surface area contributed by atoms with Crippen LogP contribution in [0.1, 0.15) is 18.7 Å². The molecule has 1 aliphatic heterocycles. The molecule has 2 N–H and O–H groups in total. The Bertz CT molecular complexity index is 390. The minimum atomic E-state index is 0.174. The first kappa shape index (κ1) is 9.65. The molecule has 1 aromatic rings. The van der Waals surface area contributed by atoms with Crippen molar-refractivity contribution in [2.45, 2.75) is 19.3 Å². The van der Waals surface area contributed by atoms with Crippen molar-refractivity contribution in [2.24, 2.45) is 0 Å². The highest BCUT2D eigenvalue weighted by molar-refractivity contribution is 5.35. The van der Waals surface area contributed by atoms with Gasteiger partial charge >= 0.3 is 0 Å². The Hall–Kier alpha value is -1.90. The van der Waals surface area contributed by atoms with Crippen LogP contribution in [0.3, 0.4) is 0 Å². The van der Waals surface area contributed by atoms with Crippen LogP contribution in [0.15, 0.2) is 0 Å². The molecule has 6 heteroatoms. The van der Waals surface area contributed by atoms with E-state index in [-0.39, 0.29) is 12.4 Å². The van der Waals surface area contributed by atoms with E-state index < -0.39 is 0 Å². The molecule has 6 nitrogen and oxygen atoms in total. The zero-order valence-corrected chi connectivity index (χ0v) is 8.35. The Kier molecular flexibility index (Phi) is 2.63. The van der Waals surface area contributed by atoms with Crippen molar-refractivity contribution in [1.29, 1.82) is 5.26 Å². The Labute approximate surface area is 87.8 Å². The lowest BCUT2D eigenvalue weighted by atomic mass is 10.4. The Morgan fingerprint density at radius 2 is 2.00 bits per heavy atom. The minimum Gasteiger partial charge on any atom is -0.368 e. The molecule has 0 unspecified atom stereocenters. The van der Waals surface area contributed by atoms with E-state index in [9.17, 15) is 0 Å². The highest BCUT2D eigenvalue weighted by Gasteiger charge is 2.16. The van der Waals surface area contributed by atoms with Crippen LogP contribution in [0.2, 0.25) is 0 Å². The number of anilines is 2. The third-order valence-electron chi connectivity index (χ3n) is 2.31. The lowest BCUT2D eigenvalue weighted by molar-refractivity contribution is 0.854. The highest BCUT2D eigenvalue weighted by Crippen LogP contribution is 2.16. The normalized spacial score (nSPS) is 15.3. The molecule has 78 valence electrons. The maximum atomic E-state index is 8.56. The van der Waals surface area contributed by atoms with Crippen LogP contribution in [0, 0.1) is 11.3 Å². The molecule has 0 amide bonds. The first-order chi connectivity index (χ1) is 7.29. The van der Waals surface area contributed by atoms with Crippen LogP contribution >= 0.6 is 0 Å². The monoisotopic (exact) mass is 204 g/mol. The van der Waals surface area contributed by atoms with Crippen molar-refractivity contribution in [3.63, 3.8) is 0 Å². The van der Waals surface area contributed by atoms with Crippen molar-refractivity contribution in [1.82, 2.24) is 15.0 Å². The average Bonchev–Trinajstić information content (AvgIpc) is 2.70. The van der Waals surface area contributed by atoms with E-state index in [1.165, 1.54) is 0 Å². The van der Waals surface area contributed by atoms with Crippen molar-refractivity contribution >= 4 is 11.9 Å². The summed E-state index contributed by atoms with van der Waals surface area (Å²) in [5.74, 6) is 1.24. The van der Waals surface area contributed by atoms with Crippen molar-refractivity contribution in [2.75, 3.05) is 23.7 Å². The number of hydrogen-bond donors (Lipinski definition) is 1. The summed E-state index contributed by atoms with van der Waals surface area (Å²) in [5, 5.41) is 8.56. The lowest BCUT2D eigenvalue weighted by Crippen LogP contribution is -2.22. The van der Waals surface area contributed by atoms with E-state index in [2.05, 4.69) is 19.9 Å². The topological polar surface area (TPSA) is 91.7 Å². The molecule has 0 aliphatic carbocycles. The molecular formula is C9H12N6. The van der Waals surface area contributed by atoms with E-state index >= 15 is 0 Å². The number of nitriles is 1. The van der Waals surface area contributed by atoms with Crippen molar-refractivity contribution in [3.05, 3.63) is 5.82 Å². The molecule has 0 bridgehead atoms. The number of nitrogens with zero attached hydrogens (tertiary/aromatic N) is 5. The summed E-state index contributed by atoms with van der Waals surface area (Å²) < 4.78 is 0. The summed E-state index contributed by atoms with van der Waals surface area (Å²) in [6, 6.07) is 2.00. The van der Waals surface area contributed by atoms with Crippen molar-refractivity contribution < 1.29 is 0 Å². The molecule has 1 fully saturated rings. The van der Waals surface area contributed by atoms with Gasteiger partial charge < -0.3 is 10.6 Å². The number of aromatic nitrogens is 3. The summed E-state index contributed by atoms with van der Waals surface area (Å²) in [7, 11) is 0. The molecule has 1 saturated heterocycles. The molecule has 15 heavy (non-hydrogen) atoms. The Morgan fingerprint density at radius 1 is 1.27 bits per heavy atom. The second kappa shape index (κ2) is 4.09. The fourth-order valence-corrected chi connectivity index (χ4v) is 1.63. The quantitative estimate of drug-likeness (QED) is 0.735. The van der Waals surface area contributed by atoms with E-state index in [4.69, 9.17) is 11.0 Å². The molecule has 0 spiro atoms. The van der Waals surface area contributed by atoms with Crippen LogP contribution in [-0.2, 0) is 6.42 Å². The smallest absolute Gasteiger partial charge is 0.230 e. The SMILES string of the molecule is N#CCc1nc(N)nc(N2CCCC2)n1. The van der Waals surface area contributed by atoms with Gasteiger partial charge in [0.15, 0.2) is 0 Å². The number of rotatable bonds is 2. The zero-order valence-electron chi connectivity index (χ0n) is 8.35. The van der Waals surface area contributed by atoms with Crippen LogP contribution in [0.4, 0.5) is 11.9 Å². The van der Waals surface area contributed by atoms with Gasteiger partial charge in [-0.3, -0.25) is 0 Å². The minimum absolute atomic E-state index is 0.174. The molecule has 0 radical (unpaired) electrons. The highest BCUT2D eigenvalue weighted by atomic mass is 15.3. The van der Waals surface area contributed by atoms with Gasteiger partial charge in [-0.2, -0.15) is 20.2 Å². The fourth-order valence-electron chi connectivity index (χ4n) is 1.63. The Morgan fingerprint density at radius 3 is 2.67 bits per heavy atom. The van der Waals surface area contributed by atoms with Crippen molar-refractivity contribution in [3.8, 4) is 6.07 Å². The third-order valence-corrected chi connectivity index (χ3v) is 2.31. The van der Waals surface area contributed by atoms with Gasteiger partial charge in [-0.25, -0.2) is 0 Å². The van der Waals surface area contributed by atoms with E-state index in [1.807, 2.05) is 6.07 Å². The van der Waals surface area contributed by atoms with Gasteiger partial charge in [-0.1, -0.05) is 0 Å². The maximum Gasteiger partial charge on any atom is 0.230 e. The first-order valence-corrected chi connectivity index (χ1v) is 4.92. The van der Waals surface area contributed by atoms with Crippen LogP contribution in [0.25, 0.3) is 0 Å². The summed E-state index contributed by atoms with van der Waals surface area (Å²) in [5.41, 5.74) is 5.56. The van der Waals surface area contributed by atoms with Gasteiger partial charge in [0.2, 0.25) is 11.9 Å². The van der Waals surface area contributed by atoms with Gasteiger partial charge in [0.05, 0.1) is 12.5 Å². The predicted octanol–water partition coefficient (Wildman–Crippen LogP) is 0.120. The molecule has 0 saturated carbocycles. The van der Waals surface area contributed by atoms with Gasteiger partial charge in [-0.15, -0.1) is 0 Å².